The zero-order chi connectivity index (χ0) is 14.5. The van der Waals surface area contributed by atoms with Crippen molar-refractivity contribution in [3.63, 3.8) is 0 Å². The van der Waals surface area contributed by atoms with E-state index in [4.69, 9.17) is 4.98 Å². The quantitative estimate of drug-likeness (QED) is 0.773. The third-order valence-corrected chi connectivity index (χ3v) is 4.80. The minimum Gasteiger partial charge on any atom is -0.306 e. The zero-order valence-corrected chi connectivity index (χ0v) is 14.3. The van der Waals surface area contributed by atoms with Crippen LogP contribution in [0.15, 0.2) is 5.38 Å². The molecule has 1 atom stereocenters. The summed E-state index contributed by atoms with van der Waals surface area (Å²) < 4.78 is 0. The molecule has 0 spiro atoms. The van der Waals surface area contributed by atoms with Crippen LogP contribution < -0.4 is 5.32 Å². The fourth-order valence-electron chi connectivity index (χ4n) is 2.38. The first-order valence-corrected chi connectivity index (χ1v) is 8.49. The highest BCUT2D eigenvalue weighted by Gasteiger charge is 2.33. The molecule has 0 aromatic carbocycles. The lowest BCUT2D eigenvalue weighted by molar-refractivity contribution is 0.292. The number of unbranched alkanes of at least 4 members (excludes halogenated alkanes) is 1. The van der Waals surface area contributed by atoms with E-state index in [0.717, 1.165) is 13.0 Å². The van der Waals surface area contributed by atoms with Gasteiger partial charge in [-0.25, -0.2) is 4.98 Å². The van der Waals surface area contributed by atoms with Gasteiger partial charge in [-0.1, -0.05) is 54.4 Å². The maximum Gasteiger partial charge on any atom is 0.113 e. The lowest BCUT2D eigenvalue weighted by Gasteiger charge is -2.32. The van der Waals surface area contributed by atoms with Gasteiger partial charge in [-0.05, 0) is 19.4 Å². The molecule has 19 heavy (non-hydrogen) atoms. The van der Waals surface area contributed by atoms with Crippen molar-refractivity contribution >= 4 is 11.3 Å². The molecule has 0 saturated carbocycles. The average Bonchev–Trinajstić information content (AvgIpc) is 2.84. The molecule has 0 fully saturated rings. The van der Waals surface area contributed by atoms with Gasteiger partial charge in [-0.15, -0.1) is 11.3 Å². The van der Waals surface area contributed by atoms with Crippen LogP contribution in [0.3, 0.4) is 0 Å². The topological polar surface area (TPSA) is 24.9 Å². The van der Waals surface area contributed by atoms with Crippen molar-refractivity contribution in [2.24, 2.45) is 0 Å². The number of nitrogens with one attached hydrogen (secondary N) is 1. The molecular formula is C16H30N2S. The monoisotopic (exact) mass is 282 g/mol. The average molecular weight is 282 g/mol. The van der Waals surface area contributed by atoms with E-state index >= 15 is 0 Å². The summed E-state index contributed by atoms with van der Waals surface area (Å²) in [6.07, 6.45) is 4.79. The van der Waals surface area contributed by atoms with Crippen molar-refractivity contribution < 1.29 is 0 Å². The standard InChI is InChI=1S/C16H30N2S/c1-7-10-11-16(8-2,17-9-3)14-18-13(12-19-14)15(4,5)6/h12,17H,7-11H2,1-6H3. The number of hydrogen-bond donors (Lipinski definition) is 1. The van der Waals surface area contributed by atoms with Gasteiger partial charge in [0.15, 0.2) is 0 Å². The summed E-state index contributed by atoms with van der Waals surface area (Å²) >= 11 is 1.82. The zero-order valence-electron chi connectivity index (χ0n) is 13.5. The van der Waals surface area contributed by atoms with Gasteiger partial charge in [0.25, 0.3) is 0 Å². The lowest BCUT2D eigenvalue weighted by atomic mass is 9.89. The van der Waals surface area contributed by atoms with Gasteiger partial charge in [0.1, 0.15) is 5.01 Å². The summed E-state index contributed by atoms with van der Waals surface area (Å²) in [4.78, 5) is 4.95. The van der Waals surface area contributed by atoms with Crippen molar-refractivity contribution in [3.8, 4) is 0 Å². The van der Waals surface area contributed by atoms with Gasteiger partial charge < -0.3 is 5.32 Å². The highest BCUT2D eigenvalue weighted by molar-refractivity contribution is 7.09. The van der Waals surface area contributed by atoms with E-state index in [1.165, 1.54) is 30.0 Å². The fourth-order valence-corrected chi connectivity index (χ4v) is 3.70. The number of hydrogen-bond acceptors (Lipinski definition) is 3. The smallest absolute Gasteiger partial charge is 0.113 e. The highest BCUT2D eigenvalue weighted by atomic mass is 32.1. The molecule has 1 aromatic rings. The minimum atomic E-state index is 0.0823. The van der Waals surface area contributed by atoms with Gasteiger partial charge in [0.05, 0.1) is 11.2 Å². The Bertz CT molecular complexity index is 378. The van der Waals surface area contributed by atoms with E-state index in [0.29, 0.717) is 0 Å². The Morgan fingerprint density at radius 3 is 2.32 bits per heavy atom. The van der Waals surface area contributed by atoms with Crippen molar-refractivity contribution in [2.45, 2.75) is 78.2 Å². The SMILES string of the molecule is CCCCC(CC)(NCC)c1nc(C(C)(C)C)cs1. The predicted molar refractivity (Wildman–Crippen MR) is 86.0 cm³/mol. The van der Waals surface area contributed by atoms with Crippen LogP contribution in [0.25, 0.3) is 0 Å². The maximum atomic E-state index is 4.95. The number of aromatic nitrogens is 1. The highest BCUT2D eigenvalue weighted by Crippen LogP contribution is 2.35. The van der Waals surface area contributed by atoms with Crippen molar-refractivity contribution in [1.82, 2.24) is 10.3 Å². The lowest BCUT2D eigenvalue weighted by Crippen LogP contribution is -2.42. The van der Waals surface area contributed by atoms with Crippen molar-refractivity contribution in [1.29, 1.82) is 0 Å². The molecule has 1 N–H and O–H groups in total. The maximum absolute atomic E-state index is 4.95. The van der Waals surface area contributed by atoms with E-state index in [-0.39, 0.29) is 11.0 Å². The molecule has 0 saturated heterocycles. The first-order valence-electron chi connectivity index (χ1n) is 7.61. The van der Waals surface area contributed by atoms with Crippen LogP contribution in [0.5, 0.6) is 0 Å². The molecule has 110 valence electrons. The molecule has 1 rings (SSSR count). The molecule has 0 aliphatic rings. The summed E-state index contributed by atoms with van der Waals surface area (Å²) in [5.74, 6) is 0. The van der Waals surface area contributed by atoms with E-state index in [2.05, 4.69) is 52.2 Å². The second-order valence-electron chi connectivity index (χ2n) is 6.36. The molecule has 0 aliphatic carbocycles. The van der Waals surface area contributed by atoms with Crippen LogP contribution in [0, 0.1) is 0 Å². The van der Waals surface area contributed by atoms with Gasteiger partial charge in [-0.3, -0.25) is 0 Å². The Balaban J connectivity index is 3.06. The van der Waals surface area contributed by atoms with Crippen LogP contribution in [-0.4, -0.2) is 11.5 Å². The van der Waals surface area contributed by atoms with Crippen LogP contribution in [0.2, 0.25) is 0 Å². The van der Waals surface area contributed by atoms with E-state index in [9.17, 15) is 0 Å². The minimum absolute atomic E-state index is 0.0823. The molecule has 1 aromatic heterocycles. The van der Waals surface area contributed by atoms with Crippen LogP contribution in [-0.2, 0) is 11.0 Å². The van der Waals surface area contributed by atoms with Crippen LogP contribution >= 0.6 is 11.3 Å². The van der Waals surface area contributed by atoms with E-state index in [1.54, 1.807) is 0 Å². The van der Waals surface area contributed by atoms with Gasteiger partial charge in [-0.2, -0.15) is 0 Å². The second-order valence-corrected chi connectivity index (χ2v) is 7.22. The van der Waals surface area contributed by atoms with Crippen LogP contribution in [0.4, 0.5) is 0 Å². The normalized spacial score (nSPS) is 15.5. The summed E-state index contributed by atoms with van der Waals surface area (Å²) in [5.41, 5.74) is 1.45. The third-order valence-electron chi connectivity index (χ3n) is 3.76. The Morgan fingerprint density at radius 2 is 1.89 bits per heavy atom. The van der Waals surface area contributed by atoms with E-state index < -0.39 is 0 Å². The molecule has 3 heteroatoms. The number of nitrogens with zero attached hydrogens (tertiary/aromatic N) is 1. The third kappa shape index (κ3) is 4.03. The molecular weight excluding hydrogens is 252 g/mol. The summed E-state index contributed by atoms with van der Waals surface area (Å²) in [6.45, 7) is 14.4. The second kappa shape index (κ2) is 6.85. The summed E-state index contributed by atoms with van der Waals surface area (Å²) in [5, 5.41) is 7.22. The molecule has 2 nitrogen and oxygen atoms in total. The molecule has 0 aliphatic heterocycles. The number of rotatable bonds is 7. The summed E-state index contributed by atoms with van der Waals surface area (Å²) in [7, 11) is 0. The Hall–Kier alpha value is -0.410. The summed E-state index contributed by atoms with van der Waals surface area (Å²) in [6, 6.07) is 0. The van der Waals surface area contributed by atoms with Crippen molar-refractivity contribution in [3.05, 3.63) is 16.1 Å². The first-order chi connectivity index (χ1) is 8.89. The molecule has 0 radical (unpaired) electrons. The Morgan fingerprint density at radius 1 is 1.21 bits per heavy atom. The van der Waals surface area contributed by atoms with Gasteiger partial charge >= 0.3 is 0 Å². The first kappa shape index (κ1) is 16.6. The largest absolute Gasteiger partial charge is 0.306 e. The number of thiazole rings is 1. The predicted octanol–water partition coefficient (Wildman–Crippen LogP) is 4.85. The van der Waals surface area contributed by atoms with E-state index in [1.807, 2.05) is 11.3 Å². The molecule has 0 amide bonds. The van der Waals surface area contributed by atoms with Gasteiger partial charge in [0, 0.05) is 10.8 Å². The van der Waals surface area contributed by atoms with Crippen LogP contribution in [0.1, 0.15) is 77.9 Å². The molecule has 1 heterocycles. The Labute approximate surface area is 123 Å². The fraction of sp³-hybridized carbons (Fsp3) is 0.812. The van der Waals surface area contributed by atoms with Gasteiger partial charge in [0.2, 0.25) is 0 Å². The Kier molecular flexibility index (Phi) is 6.00. The van der Waals surface area contributed by atoms with Crippen molar-refractivity contribution in [2.75, 3.05) is 6.54 Å². The molecule has 1 unspecified atom stereocenters. The molecule has 0 bridgehead atoms.